The van der Waals surface area contributed by atoms with Crippen molar-refractivity contribution < 1.29 is 9.53 Å². The summed E-state index contributed by atoms with van der Waals surface area (Å²) in [6.45, 7) is 5.36. The lowest BCUT2D eigenvalue weighted by Crippen LogP contribution is -2.27. The van der Waals surface area contributed by atoms with E-state index in [1.165, 1.54) is 5.56 Å². The average molecular weight is 342 g/mol. The van der Waals surface area contributed by atoms with Crippen molar-refractivity contribution in [1.29, 1.82) is 0 Å². The Morgan fingerprint density at radius 1 is 1.36 bits per heavy atom. The first-order valence-electron chi connectivity index (χ1n) is 8.67. The molecule has 0 saturated heterocycles. The maximum Gasteiger partial charge on any atom is 0.272 e. The Labute approximate surface area is 148 Å². The van der Waals surface area contributed by atoms with Crippen LogP contribution in [0.25, 0.3) is 0 Å². The molecule has 6 nitrogen and oxygen atoms in total. The fourth-order valence-electron chi connectivity index (χ4n) is 3.33. The Kier molecular flexibility index (Phi) is 5.20. The summed E-state index contributed by atoms with van der Waals surface area (Å²) in [5.41, 5.74) is 4.69. The lowest BCUT2D eigenvalue weighted by molar-refractivity contribution is -0.00697. The van der Waals surface area contributed by atoms with Crippen LogP contribution in [0.4, 0.5) is 0 Å². The molecular weight excluding hydrogens is 316 g/mol. The number of nitrogens with zero attached hydrogens (tertiary/aromatic N) is 2. The fraction of sp³-hybridized carbons (Fsp3) is 0.474. The first-order chi connectivity index (χ1) is 11.9. The molecule has 0 aliphatic carbocycles. The Morgan fingerprint density at radius 2 is 2.12 bits per heavy atom. The van der Waals surface area contributed by atoms with Gasteiger partial charge in [0.05, 0.1) is 17.9 Å². The summed E-state index contributed by atoms with van der Waals surface area (Å²) < 4.78 is 5.77. The molecule has 134 valence electrons. The van der Waals surface area contributed by atoms with Gasteiger partial charge in [0.2, 0.25) is 0 Å². The maximum absolute atomic E-state index is 12.6. The van der Waals surface area contributed by atoms with Gasteiger partial charge in [-0.1, -0.05) is 24.3 Å². The van der Waals surface area contributed by atoms with Gasteiger partial charge in [-0.15, -0.1) is 0 Å². The number of hydrogen-bond acceptors (Lipinski definition) is 4. The van der Waals surface area contributed by atoms with E-state index in [2.05, 4.69) is 32.5 Å². The molecule has 2 N–H and O–H groups in total. The summed E-state index contributed by atoms with van der Waals surface area (Å²) in [5, 5.41) is 10.2. The van der Waals surface area contributed by atoms with Crippen molar-refractivity contribution in [1.82, 2.24) is 20.4 Å². The number of ether oxygens (including phenoxy) is 1. The second kappa shape index (κ2) is 7.37. The van der Waals surface area contributed by atoms with Crippen LogP contribution in [0.3, 0.4) is 0 Å². The third-order valence-electron chi connectivity index (χ3n) is 4.39. The summed E-state index contributed by atoms with van der Waals surface area (Å²) in [5.74, 6) is -0.142. The highest BCUT2D eigenvalue weighted by Gasteiger charge is 2.29. The van der Waals surface area contributed by atoms with Gasteiger partial charge in [0.1, 0.15) is 0 Å². The third kappa shape index (κ3) is 4.08. The highest BCUT2D eigenvalue weighted by molar-refractivity contribution is 5.94. The van der Waals surface area contributed by atoms with Gasteiger partial charge >= 0.3 is 0 Å². The van der Waals surface area contributed by atoms with Crippen LogP contribution in [-0.2, 0) is 24.2 Å². The van der Waals surface area contributed by atoms with E-state index in [1.807, 2.05) is 40.1 Å². The van der Waals surface area contributed by atoms with Crippen molar-refractivity contribution in [2.45, 2.75) is 45.6 Å². The number of aromatic nitrogens is 2. The molecule has 0 saturated carbocycles. The van der Waals surface area contributed by atoms with Crippen molar-refractivity contribution in [3.63, 3.8) is 0 Å². The molecule has 2 heterocycles. The lowest BCUT2D eigenvalue weighted by atomic mass is 9.99. The number of carbonyl (C=O) groups is 1. The minimum absolute atomic E-state index is 0.0597. The van der Waals surface area contributed by atoms with Gasteiger partial charge in [-0.25, -0.2) is 0 Å². The van der Waals surface area contributed by atoms with Crippen LogP contribution in [-0.4, -0.2) is 41.2 Å². The number of rotatable bonds is 5. The molecule has 1 aromatic carbocycles. The van der Waals surface area contributed by atoms with Gasteiger partial charge in [-0.3, -0.25) is 9.89 Å². The molecule has 2 aromatic rings. The normalized spacial score (nSPS) is 19.7. The maximum atomic E-state index is 12.6. The third-order valence-corrected chi connectivity index (χ3v) is 4.39. The van der Waals surface area contributed by atoms with E-state index >= 15 is 0 Å². The van der Waals surface area contributed by atoms with Crippen molar-refractivity contribution >= 4 is 5.91 Å². The highest BCUT2D eigenvalue weighted by Crippen LogP contribution is 2.30. The van der Waals surface area contributed by atoms with Crippen LogP contribution in [0.2, 0.25) is 0 Å². The van der Waals surface area contributed by atoms with Crippen LogP contribution < -0.4 is 5.32 Å². The molecule has 0 unspecified atom stereocenters. The van der Waals surface area contributed by atoms with Crippen LogP contribution in [0, 0.1) is 0 Å². The van der Waals surface area contributed by atoms with E-state index in [-0.39, 0.29) is 18.1 Å². The van der Waals surface area contributed by atoms with Crippen molar-refractivity contribution in [3.8, 4) is 0 Å². The lowest BCUT2D eigenvalue weighted by Gasteiger charge is -2.25. The minimum Gasteiger partial charge on any atom is -0.369 e. The van der Waals surface area contributed by atoms with E-state index in [0.29, 0.717) is 18.7 Å². The topological polar surface area (TPSA) is 70.2 Å². The number of H-pyrrole nitrogens is 1. The summed E-state index contributed by atoms with van der Waals surface area (Å²) in [6.07, 6.45) is 0.738. The molecule has 0 radical (unpaired) electrons. The zero-order valence-corrected chi connectivity index (χ0v) is 15.3. The van der Waals surface area contributed by atoms with E-state index in [0.717, 1.165) is 23.4 Å². The van der Waals surface area contributed by atoms with Gasteiger partial charge in [-0.05, 0) is 39.1 Å². The summed E-state index contributed by atoms with van der Waals surface area (Å²) in [4.78, 5) is 14.7. The second-order valence-corrected chi connectivity index (χ2v) is 7.00. The zero-order chi connectivity index (χ0) is 18.0. The van der Waals surface area contributed by atoms with Crippen LogP contribution >= 0.6 is 0 Å². The molecule has 1 aliphatic rings. The summed E-state index contributed by atoms with van der Waals surface area (Å²) in [7, 11) is 4.09. The molecule has 0 bridgehead atoms. The van der Waals surface area contributed by atoms with Gasteiger partial charge < -0.3 is 15.0 Å². The van der Waals surface area contributed by atoms with Gasteiger partial charge in [0, 0.05) is 25.1 Å². The largest absolute Gasteiger partial charge is 0.369 e. The van der Waals surface area contributed by atoms with E-state index in [4.69, 9.17) is 4.74 Å². The van der Waals surface area contributed by atoms with Gasteiger partial charge in [0.25, 0.3) is 5.91 Å². The fourth-order valence-corrected chi connectivity index (χ4v) is 3.33. The molecule has 1 aromatic heterocycles. The molecule has 2 atom stereocenters. The van der Waals surface area contributed by atoms with E-state index in [9.17, 15) is 4.79 Å². The van der Waals surface area contributed by atoms with E-state index < -0.39 is 0 Å². The smallest absolute Gasteiger partial charge is 0.272 e. The quantitative estimate of drug-likeness (QED) is 0.875. The number of aromatic amines is 1. The monoisotopic (exact) mass is 342 g/mol. The molecule has 0 fully saturated rings. The van der Waals surface area contributed by atoms with Crippen molar-refractivity contribution in [3.05, 3.63) is 52.3 Å². The Hall–Kier alpha value is -2.18. The Morgan fingerprint density at radius 3 is 2.88 bits per heavy atom. The number of amides is 1. The average Bonchev–Trinajstić information content (AvgIpc) is 2.96. The van der Waals surface area contributed by atoms with Gasteiger partial charge in [-0.2, -0.15) is 5.10 Å². The predicted molar refractivity (Wildman–Crippen MR) is 96.3 cm³/mol. The van der Waals surface area contributed by atoms with Crippen LogP contribution in [0.5, 0.6) is 0 Å². The number of hydrogen-bond donors (Lipinski definition) is 2. The molecule has 1 aliphatic heterocycles. The summed E-state index contributed by atoms with van der Waals surface area (Å²) >= 11 is 0. The zero-order valence-electron chi connectivity index (χ0n) is 15.3. The predicted octanol–water partition coefficient (Wildman–Crippen LogP) is 2.42. The SMILES string of the molecule is C[C@@H]1Cc2c(C(=O)NCc3cccc(CN(C)C)c3)n[nH]c2[C@H](C)O1. The molecular formula is C19H26N4O2. The van der Waals surface area contributed by atoms with Crippen LogP contribution in [0.15, 0.2) is 24.3 Å². The Bertz CT molecular complexity index is 754. The second-order valence-electron chi connectivity index (χ2n) is 7.00. The summed E-state index contributed by atoms with van der Waals surface area (Å²) in [6, 6.07) is 8.27. The standard InChI is InChI=1S/C19H26N4O2/c1-12-8-16-17(13(2)25-12)21-22-18(16)19(24)20-10-14-6-5-7-15(9-14)11-23(3)4/h5-7,9,12-13H,8,10-11H2,1-4H3,(H,20,24)(H,21,22)/t12-,13+/m1/s1. The first kappa shape index (κ1) is 17.6. The van der Waals surface area contributed by atoms with Crippen LogP contribution in [0.1, 0.15) is 52.8 Å². The molecule has 25 heavy (non-hydrogen) atoms. The molecule has 3 rings (SSSR count). The Balaban J connectivity index is 1.68. The number of fused-ring (bicyclic) bond motifs is 1. The molecule has 6 heteroatoms. The van der Waals surface area contributed by atoms with Gasteiger partial charge in [0.15, 0.2) is 5.69 Å². The van der Waals surface area contributed by atoms with Crippen molar-refractivity contribution in [2.75, 3.05) is 14.1 Å². The number of carbonyl (C=O) groups excluding carboxylic acids is 1. The minimum atomic E-state index is -0.142. The molecule has 1 amide bonds. The highest BCUT2D eigenvalue weighted by atomic mass is 16.5. The van der Waals surface area contributed by atoms with E-state index in [1.54, 1.807) is 0 Å². The van der Waals surface area contributed by atoms with Crippen molar-refractivity contribution in [2.24, 2.45) is 0 Å². The molecule has 0 spiro atoms. The number of benzene rings is 1. The first-order valence-corrected chi connectivity index (χ1v) is 8.67. The number of nitrogens with one attached hydrogen (secondary N) is 2.